The van der Waals surface area contributed by atoms with E-state index in [9.17, 15) is 0 Å². The summed E-state index contributed by atoms with van der Waals surface area (Å²) in [6.07, 6.45) is 2.34. The van der Waals surface area contributed by atoms with Gasteiger partial charge in [-0.1, -0.05) is 168 Å². The zero-order valence-corrected chi connectivity index (χ0v) is 25.8. The molecule has 2 nitrogen and oxygen atoms in total. The third-order valence-electron chi connectivity index (χ3n) is 9.21. The Kier molecular flexibility index (Phi) is 7.53. The third-order valence-corrected chi connectivity index (χ3v) is 10.8. The highest BCUT2D eigenvalue weighted by atomic mass is 79.9. The van der Waals surface area contributed by atoms with Crippen LogP contribution >= 0.6 is 15.9 Å². The molecule has 1 aliphatic rings. The first-order chi connectivity index (χ1) is 20.5. The molecule has 0 saturated carbocycles. The quantitative estimate of drug-likeness (QED) is 0.170. The molecule has 3 heteroatoms. The molecule has 6 rings (SSSR count). The molecule has 1 aliphatic carbocycles. The van der Waals surface area contributed by atoms with Crippen LogP contribution in [-0.2, 0) is 30.4 Å². The maximum Gasteiger partial charge on any atom is 0.134 e. The number of rotatable bonds is 7. The second kappa shape index (κ2) is 11.1. The summed E-state index contributed by atoms with van der Waals surface area (Å²) < 4.78 is 13.1. The van der Waals surface area contributed by atoms with E-state index in [1.165, 1.54) is 0 Å². The second-order valence-corrected chi connectivity index (χ2v) is 12.2. The average Bonchev–Trinajstić information content (AvgIpc) is 3.07. The highest BCUT2D eigenvalue weighted by Gasteiger charge is 2.74. The molecule has 5 aromatic carbocycles. The molecule has 0 fully saturated rings. The molecule has 0 aromatic heterocycles. The lowest BCUT2D eigenvalue weighted by atomic mass is 9.47. The average molecular weight is 616 g/mol. The first-order valence-corrected chi connectivity index (χ1v) is 15.1. The van der Waals surface area contributed by atoms with Crippen molar-refractivity contribution < 1.29 is 9.47 Å². The number of benzene rings is 5. The van der Waals surface area contributed by atoms with Crippen molar-refractivity contribution in [3.63, 3.8) is 0 Å². The standard InChI is InChI=1S/C39H35BrO2/c1-36(31-21-11-5-12-22-31)35(30-19-9-4-10-20-30)29-37(41-2,32-23-13-6-14-24-32)38(40,33-25-15-7-16-26-33)39(36,42-3)34-27-17-8-18-28-34/h4-29H,1-3H3. The number of methoxy groups -OCH3 is 2. The van der Waals surface area contributed by atoms with Crippen molar-refractivity contribution >= 4 is 21.5 Å². The zero-order chi connectivity index (χ0) is 29.3. The molecule has 5 aromatic rings. The Hall–Kier alpha value is -3.76. The Bertz CT molecular complexity index is 1660. The number of ether oxygens (including phenoxy) is 2. The Morgan fingerprint density at radius 1 is 0.476 bits per heavy atom. The van der Waals surface area contributed by atoms with Gasteiger partial charge in [0.15, 0.2) is 0 Å². The SMILES string of the molecule is COC1(c2ccccc2)C=C(c2ccccc2)C(C)(c2ccccc2)C(OC)(c2ccccc2)C1(Br)c1ccccc1. The van der Waals surface area contributed by atoms with Gasteiger partial charge in [-0.15, -0.1) is 0 Å². The minimum atomic E-state index is -1.03. The van der Waals surface area contributed by atoms with Crippen LogP contribution in [-0.4, -0.2) is 14.2 Å². The summed E-state index contributed by atoms with van der Waals surface area (Å²) in [6.45, 7) is 2.32. The minimum absolute atomic E-state index is 0.706. The van der Waals surface area contributed by atoms with Crippen molar-refractivity contribution in [3.05, 3.63) is 186 Å². The molecule has 0 amide bonds. The number of hydrogen-bond acceptors (Lipinski definition) is 2. The molecule has 0 spiro atoms. The molecule has 0 radical (unpaired) electrons. The van der Waals surface area contributed by atoms with Gasteiger partial charge in [0.05, 0.1) is 5.41 Å². The van der Waals surface area contributed by atoms with Gasteiger partial charge >= 0.3 is 0 Å². The Morgan fingerprint density at radius 3 is 1.33 bits per heavy atom. The monoisotopic (exact) mass is 614 g/mol. The van der Waals surface area contributed by atoms with Gasteiger partial charge in [-0.3, -0.25) is 0 Å². The molecule has 0 bridgehead atoms. The van der Waals surface area contributed by atoms with E-state index in [0.29, 0.717) is 0 Å². The Labute approximate surface area is 257 Å². The van der Waals surface area contributed by atoms with Gasteiger partial charge in [-0.25, -0.2) is 0 Å². The summed E-state index contributed by atoms with van der Waals surface area (Å²) in [5, 5.41) is 0. The van der Waals surface area contributed by atoms with Crippen molar-refractivity contribution in [2.45, 2.75) is 27.9 Å². The molecule has 4 atom stereocenters. The van der Waals surface area contributed by atoms with E-state index in [1.54, 1.807) is 0 Å². The molecule has 0 N–H and O–H groups in total. The highest BCUT2D eigenvalue weighted by Crippen LogP contribution is 2.72. The van der Waals surface area contributed by atoms with E-state index in [2.05, 4.69) is 175 Å². The molecule has 0 aliphatic heterocycles. The highest BCUT2D eigenvalue weighted by molar-refractivity contribution is 9.09. The Morgan fingerprint density at radius 2 is 0.881 bits per heavy atom. The van der Waals surface area contributed by atoms with Crippen molar-refractivity contribution in [2.75, 3.05) is 14.2 Å². The summed E-state index contributed by atoms with van der Waals surface area (Å²) in [7, 11) is 3.65. The van der Waals surface area contributed by atoms with Gasteiger partial charge in [0.2, 0.25) is 0 Å². The van der Waals surface area contributed by atoms with Gasteiger partial charge in [0.25, 0.3) is 0 Å². The fraction of sp³-hybridized carbons (Fsp3) is 0.179. The van der Waals surface area contributed by atoms with Crippen molar-refractivity contribution in [1.29, 1.82) is 0 Å². The predicted molar refractivity (Wildman–Crippen MR) is 176 cm³/mol. The topological polar surface area (TPSA) is 18.5 Å². The van der Waals surface area contributed by atoms with Crippen LogP contribution in [0.4, 0.5) is 0 Å². The first kappa shape index (κ1) is 28.4. The first-order valence-electron chi connectivity index (χ1n) is 14.3. The van der Waals surface area contributed by atoms with Crippen LogP contribution in [0, 0.1) is 0 Å². The molecule has 4 unspecified atom stereocenters. The van der Waals surface area contributed by atoms with E-state index < -0.39 is 20.9 Å². The number of hydrogen-bond donors (Lipinski definition) is 0. The summed E-state index contributed by atoms with van der Waals surface area (Å²) >= 11 is 4.52. The van der Waals surface area contributed by atoms with Gasteiger partial charge in [0, 0.05) is 14.2 Å². The van der Waals surface area contributed by atoms with E-state index >= 15 is 0 Å². The molecule has 0 saturated heterocycles. The predicted octanol–water partition coefficient (Wildman–Crippen LogP) is 9.42. The van der Waals surface area contributed by atoms with E-state index in [0.717, 1.165) is 33.4 Å². The van der Waals surface area contributed by atoms with Gasteiger partial charge in [-0.05, 0) is 46.4 Å². The van der Waals surface area contributed by atoms with Crippen LogP contribution in [0.3, 0.4) is 0 Å². The van der Waals surface area contributed by atoms with E-state index in [4.69, 9.17) is 9.47 Å². The number of alkyl halides is 1. The van der Waals surface area contributed by atoms with Crippen molar-refractivity contribution in [1.82, 2.24) is 0 Å². The maximum absolute atomic E-state index is 7.17. The Balaban J connectivity index is 1.91. The van der Waals surface area contributed by atoms with E-state index in [1.807, 2.05) is 20.3 Å². The second-order valence-electron chi connectivity index (χ2n) is 11.0. The molecule has 0 heterocycles. The fourth-order valence-corrected chi connectivity index (χ4v) is 8.91. The summed E-state index contributed by atoms with van der Waals surface area (Å²) in [5.41, 5.74) is 3.75. The summed E-state index contributed by atoms with van der Waals surface area (Å²) in [6, 6.07) is 53.1. The van der Waals surface area contributed by atoms with Crippen LogP contribution in [0.2, 0.25) is 0 Å². The lowest BCUT2D eigenvalue weighted by molar-refractivity contribution is -0.160. The number of halogens is 1. The normalized spacial score (nSPS) is 27.3. The largest absolute Gasteiger partial charge is 0.370 e. The molecular weight excluding hydrogens is 580 g/mol. The van der Waals surface area contributed by atoms with Crippen molar-refractivity contribution in [3.8, 4) is 0 Å². The van der Waals surface area contributed by atoms with Crippen LogP contribution < -0.4 is 0 Å². The summed E-state index contributed by atoms with van der Waals surface area (Å²) in [5.74, 6) is 0. The third kappa shape index (κ3) is 3.84. The van der Waals surface area contributed by atoms with Crippen molar-refractivity contribution in [2.24, 2.45) is 0 Å². The maximum atomic E-state index is 7.17. The summed E-state index contributed by atoms with van der Waals surface area (Å²) in [4.78, 5) is 0. The van der Waals surface area contributed by atoms with Crippen LogP contribution in [0.5, 0.6) is 0 Å². The van der Waals surface area contributed by atoms with Crippen LogP contribution in [0.25, 0.3) is 5.57 Å². The van der Waals surface area contributed by atoms with Gasteiger partial charge in [-0.2, -0.15) is 0 Å². The van der Waals surface area contributed by atoms with Gasteiger partial charge < -0.3 is 9.47 Å². The zero-order valence-electron chi connectivity index (χ0n) is 24.2. The van der Waals surface area contributed by atoms with Crippen LogP contribution in [0.15, 0.2) is 158 Å². The van der Waals surface area contributed by atoms with Crippen LogP contribution in [0.1, 0.15) is 34.7 Å². The fourth-order valence-electron chi connectivity index (χ4n) is 7.36. The smallest absolute Gasteiger partial charge is 0.134 e. The molecular formula is C39H35BrO2. The molecule has 42 heavy (non-hydrogen) atoms. The lowest BCUT2D eigenvalue weighted by Crippen LogP contribution is -2.69. The minimum Gasteiger partial charge on any atom is -0.370 e. The molecule has 210 valence electrons. The van der Waals surface area contributed by atoms with E-state index in [-0.39, 0.29) is 0 Å². The van der Waals surface area contributed by atoms with Gasteiger partial charge in [0.1, 0.15) is 15.5 Å². The lowest BCUT2D eigenvalue weighted by Gasteiger charge is -2.65.